The first kappa shape index (κ1) is 19.1. The Morgan fingerprint density at radius 3 is 2.96 bits per heavy atom. The monoisotopic (exact) mass is 386 g/mol. The number of carbonyl (C=O) groups is 1. The van der Waals surface area contributed by atoms with Crippen molar-refractivity contribution in [1.29, 1.82) is 0 Å². The molecule has 1 amide bonds. The predicted molar refractivity (Wildman–Crippen MR) is 102 cm³/mol. The quantitative estimate of drug-likeness (QED) is 0.731. The number of hydrogen-bond donors (Lipinski definition) is 0. The number of likely N-dealkylation sites (tertiary alicyclic amines) is 2. The highest BCUT2D eigenvalue weighted by molar-refractivity contribution is 5.78. The molecular formula is C21H27FN4O2. The molecule has 7 heteroatoms. The smallest absolute Gasteiger partial charge is 0.240 e. The summed E-state index contributed by atoms with van der Waals surface area (Å²) >= 11 is 0. The van der Waals surface area contributed by atoms with Crippen LogP contribution < -0.4 is 0 Å². The van der Waals surface area contributed by atoms with Crippen molar-refractivity contribution in [2.45, 2.75) is 57.5 Å². The van der Waals surface area contributed by atoms with E-state index < -0.39 is 0 Å². The lowest BCUT2D eigenvalue weighted by Crippen LogP contribution is -2.41. The van der Waals surface area contributed by atoms with Crippen LogP contribution in [0.4, 0.5) is 4.39 Å². The Balaban J connectivity index is 1.34. The van der Waals surface area contributed by atoms with E-state index in [2.05, 4.69) is 15.0 Å². The van der Waals surface area contributed by atoms with Crippen molar-refractivity contribution in [3.63, 3.8) is 0 Å². The van der Waals surface area contributed by atoms with Gasteiger partial charge in [0.15, 0.2) is 5.82 Å². The van der Waals surface area contributed by atoms with Crippen LogP contribution in [0.25, 0.3) is 0 Å². The lowest BCUT2D eigenvalue weighted by atomic mass is 9.99. The molecule has 2 aliphatic rings. The number of aromatic nitrogens is 2. The molecule has 0 radical (unpaired) electrons. The maximum Gasteiger partial charge on any atom is 0.240 e. The van der Waals surface area contributed by atoms with Crippen LogP contribution in [0.15, 0.2) is 28.8 Å². The van der Waals surface area contributed by atoms with Crippen molar-refractivity contribution < 1.29 is 13.7 Å². The first-order valence-electron chi connectivity index (χ1n) is 10.2. The summed E-state index contributed by atoms with van der Waals surface area (Å²) in [4.78, 5) is 20.8. The summed E-state index contributed by atoms with van der Waals surface area (Å²) in [6, 6.07) is 6.92. The lowest BCUT2D eigenvalue weighted by molar-refractivity contribution is -0.127. The summed E-state index contributed by atoms with van der Waals surface area (Å²) in [5.74, 6) is 1.22. The van der Waals surface area contributed by atoms with Crippen molar-refractivity contribution in [2.24, 2.45) is 0 Å². The lowest BCUT2D eigenvalue weighted by Gasteiger charge is -2.35. The van der Waals surface area contributed by atoms with Gasteiger partial charge in [-0.3, -0.25) is 9.69 Å². The molecular weight excluding hydrogens is 359 g/mol. The molecule has 0 saturated carbocycles. The van der Waals surface area contributed by atoms with Gasteiger partial charge in [0.05, 0.1) is 6.54 Å². The summed E-state index contributed by atoms with van der Waals surface area (Å²) in [5.41, 5.74) is 0.832. The Labute approximate surface area is 164 Å². The number of halogens is 1. The van der Waals surface area contributed by atoms with Gasteiger partial charge < -0.3 is 9.42 Å². The van der Waals surface area contributed by atoms with Crippen molar-refractivity contribution in [3.8, 4) is 0 Å². The Morgan fingerprint density at radius 2 is 2.14 bits per heavy atom. The summed E-state index contributed by atoms with van der Waals surface area (Å²) in [7, 11) is 0. The Morgan fingerprint density at radius 1 is 1.21 bits per heavy atom. The molecule has 1 aromatic carbocycles. The highest BCUT2D eigenvalue weighted by Crippen LogP contribution is 2.23. The van der Waals surface area contributed by atoms with Crippen LogP contribution in [0.5, 0.6) is 0 Å². The molecule has 0 bridgehead atoms. The number of benzene rings is 1. The average molecular weight is 386 g/mol. The van der Waals surface area contributed by atoms with E-state index in [0.717, 1.165) is 44.5 Å². The topological polar surface area (TPSA) is 62.5 Å². The Bertz CT molecular complexity index is 809. The zero-order valence-corrected chi connectivity index (χ0v) is 16.1. The maximum absolute atomic E-state index is 13.3. The Hall–Kier alpha value is -2.28. The highest BCUT2D eigenvalue weighted by atomic mass is 19.1. The molecule has 0 aliphatic carbocycles. The van der Waals surface area contributed by atoms with E-state index in [1.165, 1.54) is 25.0 Å². The van der Waals surface area contributed by atoms with E-state index in [4.69, 9.17) is 4.52 Å². The van der Waals surface area contributed by atoms with Crippen LogP contribution in [-0.2, 0) is 17.8 Å². The summed E-state index contributed by atoms with van der Waals surface area (Å²) in [6.45, 7) is 3.39. The zero-order chi connectivity index (χ0) is 19.3. The van der Waals surface area contributed by atoms with E-state index >= 15 is 0 Å². The van der Waals surface area contributed by atoms with Crippen molar-refractivity contribution >= 4 is 5.91 Å². The largest absolute Gasteiger partial charge is 0.343 e. The summed E-state index contributed by atoms with van der Waals surface area (Å²) in [5, 5.41) is 4.06. The van der Waals surface area contributed by atoms with Gasteiger partial charge in [-0.2, -0.15) is 4.98 Å². The van der Waals surface area contributed by atoms with Gasteiger partial charge in [0.2, 0.25) is 11.8 Å². The maximum atomic E-state index is 13.3. The predicted octanol–water partition coefficient (Wildman–Crippen LogP) is 3.17. The van der Waals surface area contributed by atoms with Gasteiger partial charge >= 0.3 is 0 Å². The second kappa shape index (κ2) is 8.82. The molecule has 2 aliphatic heterocycles. The molecule has 0 spiro atoms. The standard InChI is InChI=1S/C21H27FN4O2/c22-17-6-3-5-16(13-17)14-19-23-20(28-24-19)15-26-10-2-1-7-18(26)9-12-25-11-4-8-21(25)27/h3,5-6,13,18H,1-2,4,7-12,14-15H2/t18-/m1/s1. The van der Waals surface area contributed by atoms with Gasteiger partial charge in [0, 0.05) is 32.0 Å². The zero-order valence-electron chi connectivity index (χ0n) is 16.1. The number of carbonyl (C=O) groups excluding carboxylic acids is 1. The molecule has 2 aromatic rings. The van der Waals surface area contributed by atoms with Crippen LogP contribution in [0, 0.1) is 5.82 Å². The third kappa shape index (κ3) is 4.76. The molecule has 1 atom stereocenters. The summed E-state index contributed by atoms with van der Waals surface area (Å²) < 4.78 is 18.8. The van der Waals surface area contributed by atoms with Crippen LogP contribution in [0.1, 0.15) is 55.8 Å². The third-order valence-electron chi connectivity index (χ3n) is 5.75. The van der Waals surface area contributed by atoms with E-state index in [9.17, 15) is 9.18 Å². The third-order valence-corrected chi connectivity index (χ3v) is 5.75. The minimum atomic E-state index is -0.256. The fourth-order valence-electron chi connectivity index (χ4n) is 4.27. The van der Waals surface area contributed by atoms with Crippen molar-refractivity contribution in [3.05, 3.63) is 47.4 Å². The van der Waals surface area contributed by atoms with Crippen LogP contribution in [0.2, 0.25) is 0 Å². The number of rotatable bonds is 7. The average Bonchev–Trinajstić information content (AvgIpc) is 3.30. The van der Waals surface area contributed by atoms with E-state index in [1.807, 2.05) is 11.0 Å². The number of nitrogens with zero attached hydrogens (tertiary/aromatic N) is 4. The number of hydrogen-bond acceptors (Lipinski definition) is 5. The number of amides is 1. The van der Waals surface area contributed by atoms with E-state index in [0.29, 0.717) is 43.1 Å². The van der Waals surface area contributed by atoms with Gasteiger partial charge in [-0.15, -0.1) is 0 Å². The normalized spacial score (nSPS) is 20.8. The Kier molecular flexibility index (Phi) is 6.00. The van der Waals surface area contributed by atoms with Gasteiger partial charge in [0.1, 0.15) is 5.82 Å². The fraction of sp³-hybridized carbons (Fsp3) is 0.571. The van der Waals surface area contributed by atoms with E-state index in [-0.39, 0.29) is 5.82 Å². The van der Waals surface area contributed by atoms with Crippen LogP contribution in [-0.4, -0.2) is 51.5 Å². The van der Waals surface area contributed by atoms with Gasteiger partial charge in [-0.05, 0) is 49.9 Å². The SMILES string of the molecule is O=C1CCCN1CC[C@H]1CCCCN1Cc1nc(Cc2cccc(F)c2)no1. The van der Waals surface area contributed by atoms with Crippen molar-refractivity contribution in [1.82, 2.24) is 19.9 Å². The van der Waals surface area contributed by atoms with Crippen LogP contribution in [0.3, 0.4) is 0 Å². The highest BCUT2D eigenvalue weighted by Gasteiger charge is 2.27. The first-order chi connectivity index (χ1) is 13.7. The molecule has 1 aromatic heterocycles. The van der Waals surface area contributed by atoms with Gasteiger partial charge in [-0.25, -0.2) is 4.39 Å². The van der Waals surface area contributed by atoms with Gasteiger partial charge in [0.25, 0.3) is 0 Å². The number of piperidine rings is 1. The molecule has 2 fully saturated rings. The molecule has 2 saturated heterocycles. The van der Waals surface area contributed by atoms with Crippen molar-refractivity contribution in [2.75, 3.05) is 19.6 Å². The fourth-order valence-corrected chi connectivity index (χ4v) is 4.27. The minimum Gasteiger partial charge on any atom is -0.343 e. The summed E-state index contributed by atoms with van der Waals surface area (Å²) in [6.07, 6.45) is 6.69. The minimum absolute atomic E-state index is 0.256. The van der Waals surface area contributed by atoms with E-state index in [1.54, 1.807) is 6.07 Å². The second-order valence-corrected chi connectivity index (χ2v) is 7.80. The molecule has 3 heterocycles. The second-order valence-electron chi connectivity index (χ2n) is 7.80. The molecule has 6 nitrogen and oxygen atoms in total. The first-order valence-corrected chi connectivity index (χ1v) is 10.2. The van der Waals surface area contributed by atoms with Crippen LogP contribution >= 0.6 is 0 Å². The molecule has 4 rings (SSSR count). The van der Waals surface area contributed by atoms with Gasteiger partial charge in [-0.1, -0.05) is 23.7 Å². The molecule has 28 heavy (non-hydrogen) atoms. The molecule has 0 unspecified atom stereocenters. The molecule has 150 valence electrons. The molecule has 0 N–H and O–H groups in total.